The number of amides is 2. The summed E-state index contributed by atoms with van der Waals surface area (Å²) in [6.07, 6.45) is -2.21. The van der Waals surface area contributed by atoms with E-state index in [-0.39, 0.29) is 11.3 Å². The largest absolute Gasteiger partial charge is 0.416 e. The Bertz CT molecular complexity index is 817. The first-order valence-corrected chi connectivity index (χ1v) is 7.01. The standard InChI is InChI=1S/C17H13F3N2O3/c18-17(19,20)12-5-3-6-13(10-12)21-16(24)14-7-2-1-4-11(14)8-9-15(23)22-25/h1-10,25H,(H,21,24)(H,22,23). The number of hydroxylamine groups is 1. The minimum absolute atomic E-state index is 0.00768. The number of anilines is 1. The zero-order chi connectivity index (χ0) is 18.4. The summed E-state index contributed by atoms with van der Waals surface area (Å²) >= 11 is 0. The number of rotatable bonds is 4. The van der Waals surface area contributed by atoms with E-state index in [9.17, 15) is 22.8 Å². The molecular weight excluding hydrogens is 337 g/mol. The average molecular weight is 350 g/mol. The number of nitrogens with one attached hydrogen (secondary N) is 2. The van der Waals surface area contributed by atoms with Crippen LogP contribution < -0.4 is 10.8 Å². The first-order chi connectivity index (χ1) is 11.8. The zero-order valence-corrected chi connectivity index (χ0v) is 12.7. The van der Waals surface area contributed by atoms with E-state index in [0.29, 0.717) is 5.56 Å². The molecule has 0 heterocycles. The molecule has 0 unspecified atom stereocenters. The van der Waals surface area contributed by atoms with Gasteiger partial charge in [0.05, 0.1) is 5.56 Å². The average Bonchev–Trinajstić information content (AvgIpc) is 2.59. The molecule has 0 saturated heterocycles. The van der Waals surface area contributed by atoms with E-state index >= 15 is 0 Å². The van der Waals surface area contributed by atoms with Gasteiger partial charge >= 0.3 is 6.18 Å². The number of carbonyl (C=O) groups excluding carboxylic acids is 2. The molecule has 2 rings (SSSR count). The molecule has 0 spiro atoms. The van der Waals surface area contributed by atoms with E-state index in [1.54, 1.807) is 18.2 Å². The fourth-order valence-corrected chi connectivity index (χ4v) is 2.02. The molecule has 0 atom stereocenters. The van der Waals surface area contributed by atoms with Gasteiger partial charge in [-0.05, 0) is 35.9 Å². The van der Waals surface area contributed by atoms with Gasteiger partial charge in [-0.1, -0.05) is 24.3 Å². The lowest BCUT2D eigenvalue weighted by Crippen LogP contribution is -2.16. The van der Waals surface area contributed by atoms with Crippen molar-refractivity contribution in [1.82, 2.24) is 5.48 Å². The molecule has 2 aromatic rings. The van der Waals surface area contributed by atoms with Crippen LogP contribution >= 0.6 is 0 Å². The Morgan fingerprint density at radius 2 is 1.76 bits per heavy atom. The molecule has 0 saturated carbocycles. The van der Waals surface area contributed by atoms with E-state index < -0.39 is 23.6 Å². The van der Waals surface area contributed by atoms with Gasteiger partial charge < -0.3 is 5.32 Å². The van der Waals surface area contributed by atoms with Crippen LogP contribution in [0.5, 0.6) is 0 Å². The molecule has 3 N–H and O–H groups in total. The van der Waals surface area contributed by atoms with Crippen LogP contribution in [0.2, 0.25) is 0 Å². The van der Waals surface area contributed by atoms with Gasteiger partial charge in [-0.15, -0.1) is 0 Å². The molecule has 130 valence electrons. The fraction of sp³-hybridized carbons (Fsp3) is 0.0588. The molecule has 0 aliphatic heterocycles. The smallest absolute Gasteiger partial charge is 0.322 e. The molecule has 5 nitrogen and oxygen atoms in total. The predicted molar refractivity (Wildman–Crippen MR) is 84.8 cm³/mol. The maximum absolute atomic E-state index is 12.7. The Kier molecular flexibility index (Phi) is 5.56. The number of hydrogen-bond donors (Lipinski definition) is 3. The summed E-state index contributed by atoms with van der Waals surface area (Å²) in [6, 6.07) is 10.5. The van der Waals surface area contributed by atoms with E-state index in [0.717, 1.165) is 18.2 Å². The van der Waals surface area contributed by atoms with Crippen LogP contribution in [0.25, 0.3) is 6.08 Å². The Morgan fingerprint density at radius 1 is 1.04 bits per heavy atom. The highest BCUT2D eigenvalue weighted by atomic mass is 19.4. The first kappa shape index (κ1) is 18.2. The molecule has 0 fully saturated rings. The van der Waals surface area contributed by atoms with Crippen molar-refractivity contribution in [3.05, 3.63) is 71.3 Å². The van der Waals surface area contributed by atoms with Crippen LogP contribution in [-0.4, -0.2) is 17.0 Å². The van der Waals surface area contributed by atoms with Crippen molar-refractivity contribution in [3.63, 3.8) is 0 Å². The molecule has 8 heteroatoms. The highest BCUT2D eigenvalue weighted by Gasteiger charge is 2.30. The Labute approximate surface area is 140 Å². The van der Waals surface area contributed by atoms with Crippen molar-refractivity contribution in [2.24, 2.45) is 0 Å². The summed E-state index contributed by atoms with van der Waals surface area (Å²) in [6.45, 7) is 0. The summed E-state index contributed by atoms with van der Waals surface area (Å²) in [4.78, 5) is 23.4. The van der Waals surface area contributed by atoms with Crippen molar-refractivity contribution in [2.45, 2.75) is 6.18 Å². The summed E-state index contributed by atoms with van der Waals surface area (Å²) in [5.74, 6) is -1.42. The highest BCUT2D eigenvalue weighted by molar-refractivity contribution is 6.07. The van der Waals surface area contributed by atoms with Gasteiger partial charge in [-0.25, -0.2) is 5.48 Å². The minimum atomic E-state index is -4.51. The second kappa shape index (κ2) is 7.63. The second-order valence-corrected chi connectivity index (χ2v) is 4.93. The lowest BCUT2D eigenvalue weighted by atomic mass is 10.1. The van der Waals surface area contributed by atoms with Crippen molar-refractivity contribution < 1.29 is 28.0 Å². The third kappa shape index (κ3) is 4.92. The van der Waals surface area contributed by atoms with Crippen LogP contribution in [-0.2, 0) is 11.0 Å². The van der Waals surface area contributed by atoms with Crippen LogP contribution in [0.4, 0.5) is 18.9 Å². The predicted octanol–water partition coefficient (Wildman–Crippen LogP) is 3.48. The number of carbonyl (C=O) groups is 2. The maximum Gasteiger partial charge on any atom is 0.416 e. The molecule has 0 bridgehead atoms. The van der Waals surface area contributed by atoms with Gasteiger partial charge in [0, 0.05) is 17.3 Å². The van der Waals surface area contributed by atoms with E-state index in [1.165, 1.54) is 29.8 Å². The Balaban J connectivity index is 2.25. The second-order valence-electron chi connectivity index (χ2n) is 4.93. The van der Waals surface area contributed by atoms with Gasteiger partial charge in [0.2, 0.25) is 0 Å². The zero-order valence-electron chi connectivity index (χ0n) is 12.7. The molecule has 0 aliphatic rings. The van der Waals surface area contributed by atoms with Crippen LogP contribution in [0.15, 0.2) is 54.6 Å². The Morgan fingerprint density at radius 3 is 2.44 bits per heavy atom. The first-order valence-electron chi connectivity index (χ1n) is 7.01. The molecule has 0 aromatic heterocycles. The number of alkyl halides is 3. The normalized spacial score (nSPS) is 11.4. The minimum Gasteiger partial charge on any atom is -0.322 e. The number of hydrogen-bond acceptors (Lipinski definition) is 3. The van der Waals surface area contributed by atoms with Crippen molar-refractivity contribution in [1.29, 1.82) is 0 Å². The van der Waals surface area contributed by atoms with Crippen molar-refractivity contribution >= 4 is 23.6 Å². The van der Waals surface area contributed by atoms with Gasteiger partial charge in [0.25, 0.3) is 11.8 Å². The van der Waals surface area contributed by atoms with Crippen LogP contribution in [0.3, 0.4) is 0 Å². The molecule has 2 amide bonds. The van der Waals surface area contributed by atoms with E-state index in [2.05, 4.69) is 5.32 Å². The molecule has 0 aliphatic carbocycles. The Hall–Kier alpha value is -3.13. The van der Waals surface area contributed by atoms with Crippen LogP contribution in [0, 0.1) is 0 Å². The fourth-order valence-electron chi connectivity index (χ4n) is 2.02. The van der Waals surface area contributed by atoms with Gasteiger partial charge in [0.15, 0.2) is 0 Å². The molecule has 2 aromatic carbocycles. The lowest BCUT2D eigenvalue weighted by molar-refractivity contribution is -0.137. The topological polar surface area (TPSA) is 78.4 Å². The van der Waals surface area contributed by atoms with E-state index in [4.69, 9.17) is 5.21 Å². The van der Waals surface area contributed by atoms with E-state index in [1.807, 2.05) is 0 Å². The molecule has 0 radical (unpaired) electrons. The van der Waals surface area contributed by atoms with Crippen molar-refractivity contribution in [3.8, 4) is 0 Å². The summed E-state index contributed by atoms with van der Waals surface area (Å²) in [5, 5.41) is 10.8. The lowest BCUT2D eigenvalue weighted by Gasteiger charge is -2.11. The third-order valence-electron chi connectivity index (χ3n) is 3.18. The summed E-state index contributed by atoms with van der Waals surface area (Å²) < 4.78 is 38.2. The SMILES string of the molecule is O=C(C=Cc1ccccc1C(=O)Nc1cccc(C(F)(F)F)c1)NO. The summed E-state index contributed by atoms with van der Waals surface area (Å²) in [5.41, 5.74) is 1.04. The van der Waals surface area contributed by atoms with Gasteiger partial charge in [-0.3, -0.25) is 14.8 Å². The quantitative estimate of drug-likeness (QED) is 0.449. The monoisotopic (exact) mass is 350 g/mol. The summed E-state index contributed by atoms with van der Waals surface area (Å²) in [7, 11) is 0. The maximum atomic E-state index is 12.7. The van der Waals surface area contributed by atoms with Gasteiger partial charge in [0.1, 0.15) is 0 Å². The highest BCUT2D eigenvalue weighted by Crippen LogP contribution is 2.30. The van der Waals surface area contributed by atoms with Gasteiger partial charge in [-0.2, -0.15) is 13.2 Å². The van der Waals surface area contributed by atoms with Crippen molar-refractivity contribution in [2.75, 3.05) is 5.32 Å². The molecule has 25 heavy (non-hydrogen) atoms. The number of halogens is 3. The molecular formula is C17H13F3N2O3. The third-order valence-corrected chi connectivity index (χ3v) is 3.18. The van der Waals surface area contributed by atoms with Crippen LogP contribution in [0.1, 0.15) is 21.5 Å². The number of benzene rings is 2.